The number of rotatable bonds is 6. The summed E-state index contributed by atoms with van der Waals surface area (Å²) in [4.78, 5) is 45.6. The third kappa shape index (κ3) is 10.5. The summed E-state index contributed by atoms with van der Waals surface area (Å²) in [5.41, 5.74) is 2.64. The van der Waals surface area contributed by atoms with Gasteiger partial charge in [0.25, 0.3) is 0 Å². The Labute approximate surface area is 309 Å². The maximum atomic E-state index is 12.6. The number of aliphatic hydroxyl groups is 2. The predicted molar refractivity (Wildman–Crippen MR) is 186 cm³/mol. The number of esters is 2. The van der Waals surface area contributed by atoms with Gasteiger partial charge in [-0.3, -0.25) is 4.79 Å². The number of ketones is 1. The van der Waals surface area contributed by atoms with Gasteiger partial charge in [-0.2, -0.15) is 0 Å². The molecule has 0 aromatic carbocycles. The van der Waals surface area contributed by atoms with Crippen LogP contribution in [0, 0.1) is 13.8 Å². The first-order chi connectivity index (χ1) is 21.3. The van der Waals surface area contributed by atoms with Crippen LogP contribution in [-0.2, 0) is 14.3 Å². The van der Waals surface area contributed by atoms with Crippen molar-refractivity contribution in [3.05, 3.63) is 59.2 Å². The van der Waals surface area contributed by atoms with Crippen LogP contribution in [0.4, 0.5) is 0 Å². The number of nitrogens with zero attached hydrogens (tertiary/aromatic N) is 4. The summed E-state index contributed by atoms with van der Waals surface area (Å²) in [5.74, 6) is -0.738. The molecule has 48 heavy (non-hydrogen) atoms. The van der Waals surface area contributed by atoms with Gasteiger partial charge in [0, 0.05) is 50.1 Å². The van der Waals surface area contributed by atoms with Gasteiger partial charge >= 0.3 is 41.5 Å². The van der Waals surface area contributed by atoms with E-state index < -0.39 is 23.3 Å². The number of aromatic nitrogens is 4. The fourth-order valence-corrected chi connectivity index (χ4v) is 5.06. The first-order valence-corrected chi connectivity index (χ1v) is 15.3. The van der Waals surface area contributed by atoms with Crippen molar-refractivity contribution in [2.45, 2.75) is 112 Å². The maximum Gasteiger partial charge on any atom is 1.00 e. The van der Waals surface area contributed by atoms with E-state index in [0.717, 1.165) is 18.2 Å². The number of hydrogen-bond donors (Lipinski definition) is 2. The molecule has 0 saturated heterocycles. The van der Waals surface area contributed by atoms with Gasteiger partial charge in [0.05, 0.1) is 29.3 Å². The largest absolute Gasteiger partial charge is 1.00 e. The summed E-state index contributed by atoms with van der Waals surface area (Å²) < 4.78 is 14.7. The van der Waals surface area contributed by atoms with Gasteiger partial charge in [0.1, 0.15) is 22.5 Å². The minimum absolute atomic E-state index is 0. The van der Waals surface area contributed by atoms with Gasteiger partial charge in [0.15, 0.2) is 5.78 Å². The zero-order chi connectivity index (χ0) is 35.3. The Morgan fingerprint density at radius 2 is 1.12 bits per heavy atom. The van der Waals surface area contributed by atoms with E-state index in [2.05, 4.69) is 9.97 Å². The number of carbonyl (C=O) groups excluding carboxylic acids is 3. The van der Waals surface area contributed by atoms with Crippen molar-refractivity contribution in [3.8, 4) is 0 Å². The van der Waals surface area contributed by atoms with Crippen molar-refractivity contribution >= 4 is 48.2 Å². The van der Waals surface area contributed by atoms with Gasteiger partial charge in [-0.15, -0.1) is 0 Å². The number of fused-ring (bicyclic) bond motifs is 2. The van der Waals surface area contributed by atoms with E-state index in [0.29, 0.717) is 33.5 Å². The summed E-state index contributed by atoms with van der Waals surface area (Å²) in [6, 6.07) is 6.70. The first-order valence-electron chi connectivity index (χ1n) is 15.3. The summed E-state index contributed by atoms with van der Waals surface area (Å²) in [6.07, 6.45) is 2.79. The predicted octanol–water partition coefficient (Wildman–Crippen LogP) is 3.04. The van der Waals surface area contributed by atoms with Gasteiger partial charge in [-0.05, 0) is 107 Å². The van der Waals surface area contributed by atoms with Crippen molar-refractivity contribution < 1.29 is 65.1 Å². The smallest absolute Gasteiger partial charge is 1.00 e. The molecule has 13 heteroatoms. The maximum absolute atomic E-state index is 12.6. The second-order valence-corrected chi connectivity index (χ2v) is 13.2. The van der Waals surface area contributed by atoms with E-state index in [9.17, 15) is 19.5 Å². The Morgan fingerprint density at radius 1 is 0.771 bits per heavy atom. The Hall–Kier alpha value is -3.03. The van der Waals surface area contributed by atoms with Gasteiger partial charge in [-0.1, -0.05) is 0 Å². The second-order valence-electron chi connectivity index (χ2n) is 13.2. The molecule has 0 aliphatic heterocycles. The molecule has 11 nitrogen and oxygen atoms in total. The third-order valence-electron chi connectivity index (χ3n) is 7.30. The Bertz CT molecular complexity index is 1710. The van der Waals surface area contributed by atoms with Gasteiger partial charge in [0.2, 0.25) is 0 Å². The van der Waals surface area contributed by atoms with Crippen LogP contribution in [0.5, 0.6) is 0 Å². The SMILES string of the molecule is CC(=O)C(C)n1c(C)c(C(=O)OC(C)(C)C)c2cccnc21.CO.Cc1c(C(=O)OC(C)(C)C)c2cccnc2n1C(C)C(C)O.[B].[H-].[Na+]. The van der Waals surface area contributed by atoms with Gasteiger partial charge in [-0.25, -0.2) is 19.6 Å². The molecular formula is C35H51BN4NaO7. The van der Waals surface area contributed by atoms with Crippen LogP contribution in [0.3, 0.4) is 0 Å². The number of hydrogen-bond acceptors (Lipinski definition) is 9. The normalized spacial score (nSPS) is 13.0. The fraction of sp³-hybridized carbons (Fsp3) is 0.514. The Kier molecular flexibility index (Phi) is 17.0. The molecule has 0 spiro atoms. The Balaban J connectivity index is 0. The molecule has 4 rings (SSSR count). The van der Waals surface area contributed by atoms with Crippen molar-refractivity contribution in [1.29, 1.82) is 0 Å². The van der Waals surface area contributed by atoms with Gasteiger partial charge < -0.3 is 30.2 Å². The molecule has 257 valence electrons. The molecule has 0 amide bonds. The third-order valence-corrected chi connectivity index (χ3v) is 7.30. The molecule has 0 bridgehead atoms. The standard InChI is InChI=1S/C17H24N2O3.C17H22N2O3.CH4O.B.Na.H/c2*1-10(12(3)20)19-11(2)14(16(21)22-17(4,5)6)13-8-7-9-18-15(13)19;1-2;;;/h7-10,12,20H,1-6H3;7-10H,1-6H3;2H,1H3;;;/q;;;;+1;-1. The monoisotopic (exact) mass is 673 g/mol. The quantitative estimate of drug-likeness (QED) is 0.233. The number of ether oxygens (including phenoxy) is 2. The van der Waals surface area contributed by atoms with Crippen LogP contribution >= 0.6 is 0 Å². The number of carbonyl (C=O) groups is 3. The first kappa shape index (κ1) is 45.0. The molecule has 0 aliphatic carbocycles. The average molecular weight is 674 g/mol. The molecule has 4 heterocycles. The molecule has 3 radical (unpaired) electrons. The molecule has 3 atom stereocenters. The van der Waals surface area contributed by atoms with Crippen LogP contribution < -0.4 is 29.6 Å². The zero-order valence-corrected chi connectivity index (χ0v) is 33.0. The fourth-order valence-electron chi connectivity index (χ4n) is 5.06. The molecule has 0 saturated carbocycles. The van der Waals surface area contributed by atoms with E-state index >= 15 is 0 Å². The van der Waals surface area contributed by atoms with E-state index in [4.69, 9.17) is 14.6 Å². The Morgan fingerprint density at radius 3 is 1.46 bits per heavy atom. The number of pyridine rings is 2. The molecule has 4 aromatic rings. The van der Waals surface area contributed by atoms with Crippen molar-refractivity contribution in [1.82, 2.24) is 19.1 Å². The van der Waals surface area contributed by atoms with E-state index in [1.165, 1.54) is 6.92 Å². The molecular weight excluding hydrogens is 622 g/mol. The molecule has 2 N–H and O–H groups in total. The summed E-state index contributed by atoms with van der Waals surface area (Å²) in [5, 5.41) is 18.4. The number of Topliss-reactive ketones (excluding diaryl/α,β-unsaturated/α-hetero) is 1. The summed E-state index contributed by atoms with van der Waals surface area (Å²) in [7, 11) is 1.00. The minimum Gasteiger partial charge on any atom is -1.00 e. The number of aliphatic hydroxyl groups excluding tert-OH is 2. The average Bonchev–Trinajstić information content (AvgIpc) is 3.41. The topological polar surface area (TPSA) is 146 Å². The minimum atomic E-state index is -0.577. The van der Waals surface area contributed by atoms with Crippen molar-refractivity contribution in [2.75, 3.05) is 7.11 Å². The molecule has 4 aromatic heterocycles. The zero-order valence-electron chi connectivity index (χ0n) is 32.0. The van der Waals surface area contributed by atoms with Crippen LogP contribution in [-0.4, -0.2) is 79.9 Å². The second kappa shape index (κ2) is 18.1. The van der Waals surface area contributed by atoms with Crippen LogP contribution in [0.2, 0.25) is 0 Å². The van der Waals surface area contributed by atoms with E-state index in [-0.39, 0.29) is 63.2 Å². The van der Waals surface area contributed by atoms with Crippen LogP contribution in [0.25, 0.3) is 22.1 Å². The molecule has 0 fully saturated rings. The molecule has 0 aliphatic rings. The summed E-state index contributed by atoms with van der Waals surface area (Å²) in [6.45, 7) is 21.7. The van der Waals surface area contributed by atoms with E-state index in [1.807, 2.05) is 85.9 Å². The van der Waals surface area contributed by atoms with Crippen molar-refractivity contribution in [2.24, 2.45) is 0 Å². The van der Waals surface area contributed by atoms with Crippen molar-refractivity contribution in [3.63, 3.8) is 0 Å². The molecule has 3 unspecified atom stereocenters. The van der Waals surface area contributed by atoms with E-state index in [1.54, 1.807) is 36.0 Å². The summed E-state index contributed by atoms with van der Waals surface area (Å²) >= 11 is 0. The van der Waals surface area contributed by atoms with Crippen LogP contribution in [0.1, 0.15) is 115 Å². The van der Waals surface area contributed by atoms with Crippen LogP contribution in [0.15, 0.2) is 36.7 Å².